The number of carbonyl (C=O) groups is 2. The number of amides is 2. The number of hydrogen-bond acceptors (Lipinski definition) is 9. The topological polar surface area (TPSA) is 124 Å². The molecule has 0 aromatic carbocycles. The minimum atomic E-state index is -0.976. The molecule has 2 saturated heterocycles. The molecule has 2 amide bonds. The zero-order valence-corrected chi connectivity index (χ0v) is 17.9. The van der Waals surface area contributed by atoms with E-state index in [1.54, 1.807) is 13.8 Å². The summed E-state index contributed by atoms with van der Waals surface area (Å²) in [6, 6.07) is 0. The largest absolute Gasteiger partial charge is 0.732 e. The Morgan fingerprint density at radius 1 is 0.967 bits per heavy atom. The molecular formula is C18H30N4O8. The van der Waals surface area contributed by atoms with Crippen molar-refractivity contribution in [3.63, 3.8) is 0 Å². The van der Waals surface area contributed by atoms with Crippen LogP contribution in [0.5, 0.6) is 0 Å². The smallest absolute Gasteiger partial charge is 0.510 e. The molecule has 30 heavy (non-hydrogen) atoms. The monoisotopic (exact) mass is 430 g/mol. The molecule has 0 spiro atoms. The van der Waals surface area contributed by atoms with Crippen LogP contribution in [-0.2, 0) is 19.1 Å². The highest BCUT2D eigenvalue weighted by Gasteiger charge is 2.57. The lowest BCUT2D eigenvalue weighted by atomic mass is 10.2. The predicted octanol–water partition coefficient (Wildman–Crippen LogP) is 3.53. The molecular weight excluding hydrogens is 400 g/mol. The van der Waals surface area contributed by atoms with Gasteiger partial charge in [0.15, 0.2) is 11.2 Å². The Morgan fingerprint density at radius 3 is 2.03 bits per heavy atom. The lowest BCUT2D eigenvalue weighted by molar-refractivity contribution is -0.759. The quantitative estimate of drug-likeness (QED) is 0.568. The Balaban J connectivity index is 2.53. The Kier molecular flexibility index (Phi) is 8.66. The zero-order chi connectivity index (χ0) is 22.3. The molecule has 170 valence electrons. The van der Waals surface area contributed by atoms with Crippen LogP contribution in [0.3, 0.4) is 0 Å². The van der Waals surface area contributed by atoms with E-state index in [1.807, 2.05) is 13.8 Å². The van der Waals surface area contributed by atoms with Gasteiger partial charge in [-0.2, -0.15) is 4.79 Å². The first-order valence-electron chi connectivity index (χ1n) is 10.3. The third kappa shape index (κ3) is 4.93. The predicted molar refractivity (Wildman–Crippen MR) is 102 cm³/mol. The Hall–Kier alpha value is -2.60. The fourth-order valence-electron chi connectivity index (χ4n) is 3.16. The molecule has 0 saturated carbocycles. The van der Waals surface area contributed by atoms with Gasteiger partial charge < -0.3 is 14.7 Å². The van der Waals surface area contributed by atoms with E-state index in [0.29, 0.717) is 25.7 Å². The molecule has 12 heteroatoms. The van der Waals surface area contributed by atoms with E-state index in [-0.39, 0.29) is 23.4 Å². The zero-order valence-electron chi connectivity index (χ0n) is 17.9. The second-order valence-electron chi connectivity index (χ2n) is 6.70. The molecule has 2 aliphatic rings. The van der Waals surface area contributed by atoms with E-state index in [9.17, 15) is 19.7 Å². The van der Waals surface area contributed by atoms with Crippen molar-refractivity contribution < 1.29 is 33.7 Å². The van der Waals surface area contributed by atoms with Crippen molar-refractivity contribution in [1.29, 1.82) is 0 Å². The maximum absolute atomic E-state index is 12.6. The van der Waals surface area contributed by atoms with E-state index in [2.05, 4.69) is 0 Å². The van der Waals surface area contributed by atoms with Gasteiger partial charge in [-0.3, -0.25) is 10.1 Å². The summed E-state index contributed by atoms with van der Waals surface area (Å²) in [5.74, 6) is -0.951. The molecule has 0 bridgehead atoms. The van der Waals surface area contributed by atoms with Gasteiger partial charge in [0.05, 0.1) is 13.2 Å². The lowest BCUT2D eigenvalue weighted by Crippen LogP contribution is -2.41. The molecule has 2 rings (SSSR count). The van der Waals surface area contributed by atoms with Crippen LogP contribution in [0.2, 0.25) is 0 Å². The van der Waals surface area contributed by atoms with Crippen LogP contribution >= 0.6 is 0 Å². The molecule has 12 nitrogen and oxygen atoms in total. The number of carbonyl (C=O) groups excluding carboxylic acids is 2. The van der Waals surface area contributed by atoms with Crippen molar-refractivity contribution >= 4 is 12.2 Å². The Morgan fingerprint density at radius 2 is 1.50 bits per heavy atom. The van der Waals surface area contributed by atoms with Gasteiger partial charge in [0.25, 0.3) is 6.23 Å². The number of rotatable bonds is 8. The van der Waals surface area contributed by atoms with Crippen LogP contribution in [0.15, 0.2) is 11.6 Å². The Bertz CT molecular complexity index is 671. The van der Waals surface area contributed by atoms with Gasteiger partial charge in [-0.15, -0.1) is 4.90 Å². The molecule has 0 N–H and O–H groups in total. The molecule has 0 radical (unpaired) electrons. The summed E-state index contributed by atoms with van der Waals surface area (Å²) >= 11 is 0. The van der Waals surface area contributed by atoms with Crippen molar-refractivity contribution in [2.24, 2.45) is 0 Å². The molecule has 0 aromatic rings. The van der Waals surface area contributed by atoms with Crippen molar-refractivity contribution in [2.75, 3.05) is 13.2 Å². The number of hydrogen-bond donors (Lipinski definition) is 0. The molecule has 2 fully saturated rings. The van der Waals surface area contributed by atoms with Crippen LogP contribution in [0.25, 0.3) is 0 Å². The number of unbranched alkanes of at least 4 members (excludes halogenated alkanes) is 2. The summed E-state index contributed by atoms with van der Waals surface area (Å²) in [5.41, 5.74) is 0. The molecule has 0 aromatic heterocycles. The highest BCUT2D eigenvalue weighted by molar-refractivity contribution is 5.73. The summed E-state index contributed by atoms with van der Waals surface area (Å²) in [7, 11) is 0. The maximum atomic E-state index is 12.6. The first-order valence-corrected chi connectivity index (χ1v) is 10.3. The average molecular weight is 430 g/mol. The highest BCUT2D eigenvalue weighted by atomic mass is 16.9. The number of hydroxylamine groups is 2. The van der Waals surface area contributed by atoms with Gasteiger partial charge in [-0.25, -0.2) is 14.5 Å². The Labute approximate surface area is 175 Å². The van der Waals surface area contributed by atoms with E-state index >= 15 is 0 Å². The minimum Gasteiger partial charge on any atom is -0.732 e. The molecule has 2 atom stereocenters. The third-order valence-electron chi connectivity index (χ3n) is 4.55. The van der Waals surface area contributed by atoms with Gasteiger partial charge in [0.2, 0.25) is 5.82 Å². The summed E-state index contributed by atoms with van der Waals surface area (Å²) in [6.07, 6.45) is -0.0929. The average Bonchev–Trinajstić information content (AvgIpc) is 3.20. The maximum Gasteiger partial charge on any atom is 0.510 e. The third-order valence-corrected chi connectivity index (χ3v) is 4.55. The van der Waals surface area contributed by atoms with E-state index in [0.717, 1.165) is 22.6 Å². The van der Waals surface area contributed by atoms with Crippen molar-refractivity contribution in [2.45, 2.75) is 78.7 Å². The highest BCUT2D eigenvalue weighted by Crippen LogP contribution is 2.36. The number of nitrogens with zero attached hydrogens (tertiary/aromatic N) is 4. The number of ether oxygens (including phenoxy) is 2. The molecule has 2 unspecified atom stereocenters. The van der Waals surface area contributed by atoms with Gasteiger partial charge in [0, 0.05) is 6.42 Å². The van der Waals surface area contributed by atoms with Crippen LogP contribution in [0, 0.1) is 10.1 Å². The SMILES string of the molecule is CCCCC1ON([O-])C(=C2N(C(=O)OCC)C(CCCC)O[N+]2=O)N1C(=O)OCC. The van der Waals surface area contributed by atoms with Crippen molar-refractivity contribution in [1.82, 2.24) is 15.0 Å². The second-order valence-corrected chi connectivity index (χ2v) is 6.70. The minimum absolute atomic E-state index is 0.0509. The summed E-state index contributed by atoms with van der Waals surface area (Å²) in [4.78, 5) is 50.4. The summed E-state index contributed by atoms with van der Waals surface area (Å²) < 4.78 is 10.1. The fourth-order valence-corrected chi connectivity index (χ4v) is 3.16. The van der Waals surface area contributed by atoms with Crippen LogP contribution in [0.4, 0.5) is 9.59 Å². The standard InChI is InChI=1S/C18H30N4O8/c1-5-9-11-13-19(17(23)27-7-3)15(21(25)29-13)16-20(18(24)28-8-4)14(12-10-6-2)30-22(16)26/h13-14H,5-12H2,1-4H3. The first kappa shape index (κ1) is 23.7. The van der Waals surface area contributed by atoms with Crippen LogP contribution in [-0.4, -0.2) is 57.8 Å². The summed E-state index contributed by atoms with van der Waals surface area (Å²) in [6.45, 7) is 7.22. The van der Waals surface area contributed by atoms with Crippen LogP contribution < -0.4 is 0 Å². The van der Waals surface area contributed by atoms with E-state index in [4.69, 9.17) is 19.1 Å². The van der Waals surface area contributed by atoms with Crippen LogP contribution in [0.1, 0.15) is 66.2 Å². The molecule has 2 heterocycles. The summed E-state index contributed by atoms with van der Waals surface area (Å²) in [5, 5.41) is 12.7. The second kappa shape index (κ2) is 11.0. The van der Waals surface area contributed by atoms with Crippen molar-refractivity contribution in [3.8, 4) is 0 Å². The lowest BCUT2D eigenvalue weighted by Gasteiger charge is -2.23. The van der Waals surface area contributed by atoms with E-state index in [1.165, 1.54) is 0 Å². The van der Waals surface area contributed by atoms with E-state index < -0.39 is 36.3 Å². The van der Waals surface area contributed by atoms with Gasteiger partial charge in [0.1, 0.15) is 0 Å². The van der Waals surface area contributed by atoms with Gasteiger partial charge >= 0.3 is 18.0 Å². The first-order chi connectivity index (χ1) is 14.4. The molecule has 0 aliphatic carbocycles. The molecule has 2 aliphatic heterocycles. The normalized spacial score (nSPS) is 23.8. The van der Waals surface area contributed by atoms with Gasteiger partial charge in [-0.05, 0) is 38.0 Å². The fraction of sp³-hybridized carbons (Fsp3) is 0.778. The van der Waals surface area contributed by atoms with Gasteiger partial charge in [-0.1, -0.05) is 26.7 Å². The van der Waals surface area contributed by atoms with Crippen molar-refractivity contribution in [3.05, 3.63) is 21.8 Å².